The van der Waals surface area contributed by atoms with E-state index in [0.717, 1.165) is 16.3 Å². The van der Waals surface area contributed by atoms with Gasteiger partial charge in [0.2, 0.25) is 10.0 Å². The lowest BCUT2D eigenvalue weighted by molar-refractivity contribution is 0.560. The third kappa shape index (κ3) is 3.36. The molecule has 0 heterocycles. The van der Waals surface area contributed by atoms with Crippen LogP contribution in [-0.4, -0.2) is 8.42 Å². The molecule has 1 unspecified atom stereocenters. The van der Waals surface area contributed by atoms with Crippen LogP contribution in [0.3, 0.4) is 0 Å². The second kappa shape index (κ2) is 7.43. The molecule has 0 saturated carbocycles. The molecule has 0 radical (unpaired) electrons. The maximum Gasteiger partial charge on any atom is 0.242 e. The zero-order valence-corrected chi connectivity index (χ0v) is 15.9. The van der Waals surface area contributed by atoms with E-state index in [1.807, 2.05) is 84.9 Å². The van der Waals surface area contributed by atoms with Gasteiger partial charge in [-0.05, 0) is 22.4 Å². The van der Waals surface area contributed by atoms with Crippen LogP contribution in [0.4, 0.5) is 0 Å². The summed E-state index contributed by atoms with van der Waals surface area (Å²) in [5.74, 6) is 0. The third-order valence-corrected chi connectivity index (χ3v) is 6.36. The average Bonchev–Trinajstić information content (AvgIpc) is 2.72. The molecule has 0 spiro atoms. The first-order valence-electron chi connectivity index (χ1n) is 8.95. The number of benzene rings is 4. The van der Waals surface area contributed by atoms with Gasteiger partial charge in [-0.2, -0.15) is 5.26 Å². The highest BCUT2D eigenvalue weighted by Gasteiger charge is 2.25. The number of sulfonamides is 1. The van der Waals surface area contributed by atoms with E-state index in [4.69, 9.17) is 0 Å². The van der Waals surface area contributed by atoms with E-state index in [1.54, 1.807) is 0 Å². The van der Waals surface area contributed by atoms with E-state index in [-0.39, 0.29) is 11.3 Å². The summed E-state index contributed by atoms with van der Waals surface area (Å²) in [6.45, 7) is 0. The van der Waals surface area contributed by atoms with Gasteiger partial charge in [-0.25, -0.2) is 13.1 Å². The summed E-state index contributed by atoms with van der Waals surface area (Å²) in [5.41, 5.74) is 0.761. The lowest BCUT2D eigenvalue weighted by atomic mass is 10.0. The molecule has 4 aromatic carbocycles. The third-order valence-electron chi connectivity index (χ3n) is 4.79. The van der Waals surface area contributed by atoms with Gasteiger partial charge in [-0.15, -0.1) is 0 Å². The minimum atomic E-state index is -3.88. The summed E-state index contributed by atoms with van der Waals surface area (Å²) >= 11 is 0. The molecule has 0 aromatic heterocycles. The van der Waals surface area contributed by atoms with E-state index in [9.17, 15) is 13.7 Å². The summed E-state index contributed by atoms with van der Waals surface area (Å²) in [4.78, 5) is 0.250. The first-order valence-corrected chi connectivity index (χ1v) is 10.4. The van der Waals surface area contributed by atoms with Crippen molar-refractivity contribution in [1.82, 2.24) is 4.72 Å². The van der Waals surface area contributed by atoms with Crippen LogP contribution in [0.2, 0.25) is 0 Å². The predicted octanol–water partition coefficient (Wildman–Crippen LogP) is 4.93. The topological polar surface area (TPSA) is 70.0 Å². The molecule has 5 heteroatoms. The number of hydrogen-bond acceptors (Lipinski definition) is 3. The van der Waals surface area contributed by atoms with Gasteiger partial charge < -0.3 is 0 Å². The fourth-order valence-corrected chi connectivity index (χ4v) is 5.17. The second-order valence-corrected chi connectivity index (χ2v) is 8.25. The van der Waals surface area contributed by atoms with Crippen LogP contribution in [0.1, 0.15) is 18.0 Å². The Morgan fingerprint density at radius 1 is 0.821 bits per heavy atom. The largest absolute Gasteiger partial charge is 0.242 e. The molecule has 0 amide bonds. The number of fused-ring (bicyclic) bond motifs is 2. The molecule has 138 valence electrons. The van der Waals surface area contributed by atoms with Gasteiger partial charge in [0.15, 0.2) is 0 Å². The van der Waals surface area contributed by atoms with Gasteiger partial charge >= 0.3 is 0 Å². The minimum Gasteiger partial charge on any atom is -0.207 e. The van der Waals surface area contributed by atoms with Crippen LogP contribution in [0.5, 0.6) is 0 Å². The van der Waals surface area contributed by atoms with Gasteiger partial charge in [0.05, 0.1) is 23.4 Å². The van der Waals surface area contributed by atoms with Gasteiger partial charge in [-0.3, -0.25) is 0 Å². The molecule has 0 aliphatic rings. The Kier molecular flexibility index (Phi) is 4.82. The number of hydrogen-bond donors (Lipinski definition) is 1. The quantitative estimate of drug-likeness (QED) is 0.495. The predicted molar refractivity (Wildman–Crippen MR) is 111 cm³/mol. The highest BCUT2D eigenvalue weighted by Crippen LogP contribution is 2.33. The van der Waals surface area contributed by atoms with E-state index >= 15 is 0 Å². The second-order valence-electron chi connectivity index (χ2n) is 6.59. The monoisotopic (exact) mass is 386 g/mol. The van der Waals surface area contributed by atoms with Crippen LogP contribution in [-0.2, 0) is 10.0 Å². The summed E-state index contributed by atoms with van der Waals surface area (Å²) in [5, 5.41) is 12.3. The Balaban J connectivity index is 1.91. The Labute approximate surface area is 164 Å². The van der Waals surface area contributed by atoms with Crippen molar-refractivity contribution >= 4 is 31.6 Å². The standard InChI is InChI=1S/C23H18N2O2S/c24-15-14-22(17-8-2-1-3-9-17)25-28(26,27)23-20-12-6-4-10-18(20)16-19-11-5-7-13-21(19)23/h1-13,16,22,25H,14H2. The van der Waals surface area contributed by atoms with Crippen molar-refractivity contribution in [2.45, 2.75) is 17.4 Å². The average molecular weight is 386 g/mol. The van der Waals surface area contributed by atoms with Gasteiger partial charge in [0.1, 0.15) is 0 Å². The van der Waals surface area contributed by atoms with Crippen LogP contribution >= 0.6 is 0 Å². The maximum atomic E-state index is 13.5. The molecular weight excluding hydrogens is 368 g/mol. The molecule has 1 atom stereocenters. The molecule has 1 N–H and O–H groups in total. The highest BCUT2D eigenvalue weighted by molar-refractivity contribution is 7.90. The first kappa shape index (κ1) is 18.2. The van der Waals surface area contributed by atoms with Crippen molar-refractivity contribution in [2.24, 2.45) is 0 Å². The molecule has 4 aromatic rings. The maximum absolute atomic E-state index is 13.5. The Morgan fingerprint density at radius 3 is 1.93 bits per heavy atom. The van der Waals surface area contributed by atoms with E-state index < -0.39 is 16.1 Å². The van der Waals surface area contributed by atoms with Crippen molar-refractivity contribution < 1.29 is 8.42 Å². The Morgan fingerprint density at radius 2 is 1.36 bits per heavy atom. The summed E-state index contributed by atoms with van der Waals surface area (Å²) in [6.07, 6.45) is 0.0476. The molecule has 4 nitrogen and oxygen atoms in total. The van der Waals surface area contributed by atoms with E-state index in [1.165, 1.54) is 0 Å². The van der Waals surface area contributed by atoms with Gasteiger partial charge in [0.25, 0.3) is 0 Å². The molecule has 0 bridgehead atoms. The fraction of sp³-hybridized carbons (Fsp3) is 0.0870. The van der Waals surface area contributed by atoms with E-state index in [0.29, 0.717) is 10.8 Å². The lowest BCUT2D eigenvalue weighted by Gasteiger charge is -2.19. The molecule has 0 saturated heterocycles. The number of nitrogens with one attached hydrogen (secondary N) is 1. The molecule has 4 rings (SSSR count). The van der Waals surface area contributed by atoms with Crippen molar-refractivity contribution in [3.05, 3.63) is 90.5 Å². The number of nitriles is 1. The van der Waals surface area contributed by atoms with E-state index in [2.05, 4.69) is 10.8 Å². The minimum absolute atomic E-state index is 0.0476. The normalized spacial score (nSPS) is 12.7. The summed E-state index contributed by atoms with van der Waals surface area (Å²) < 4.78 is 29.8. The lowest BCUT2D eigenvalue weighted by Crippen LogP contribution is -2.29. The molecule has 0 fully saturated rings. The molecule has 0 aliphatic heterocycles. The van der Waals surface area contributed by atoms with Crippen molar-refractivity contribution in [2.75, 3.05) is 0 Å². The molecular formula is C23H18N2O2S. The van der Waals surface area contributed by atoms with Gasteiger partial charge in [0, 0.05) is 10.8 Å². The Hall–Kier alpha value is -3.20. The van der Waals surface area contributed by atoms with Crippen molar-refractivity contribution in [3.8, 4) is 6.07 Å². The van der Waals surface area contributed by atoms with Crippen molar-refractivity contribution in [1.29, 1.82) is 5.26 Å². The van der Waals surface area contributed by atoms with Gasteiger partial charge in [-0.1, -0.05) is 78.9 Å². The molecule has 0 aliphatic carbocycles. The zero-order valence-electron chi connectivity index (χ0n) is 15.0. The molecule has 28 heavy (non-hydrogen) atoms. The summed E-state index contributed by atoms with van der Waals surface area (Å²) in [6, 6.07) is 27.5. The van der Waals surface area contributed by atoms with Crippen LogP contribution in [0.25, 0.3) is 21.5 Å². The first-order chi connectivity index (χ1) is 13.6. The zero-order chi connectivity index (χ0) is 19.6. The smallest absolute Gasteiger partial charge is 0.207 e. The van der Waals surface area contributed by atoms with Crippen LogP contribution in [0, 0.1) is 11.3 Å². The SMILES string of the molecule is N#CCC(NS(=O)(=O)c1c2ccccc2cc2ccccc12)c1ccccc1. The number of nitrogens with zero attached hydrogens (tertiary/aromatic N) is 1. The van der Waals surface area contributed by atoms with Crippen LogP contribution < -0.4 is 4.72 Å². The van der Waals surface area contributed by atoms with Crippen molar-refractivity contribution in [3.63, 3.8) is 0 Å². The fourth-order valence-electron chi connectivity index (χ4n) is 3.51. The summed E-state index contributed by atoms with van der Waals surface area (Å²) in [7, 11) is -3.88. The Bertz CT molecular complexity index is 1240. The number of rotatable bonds is 5. The van der Waals surface area contributed by atoms with Crippen LogP contribution in [0.15, 0.2) is 89.8 Å². The highest BCUT2D eigenvalue weighted by atomic mass is 32.2.